The van der Waals surface area contributed by atoms with Gasteiger partial charge in [0.05, 0.1) is 6.04 Å². The number of alkyl halides is 2. The summed E-state index contributed by atoms with van der Waals surface area (Å²) in [6, 6.07) is 4.62. The fraction of sp³-hybridized carbons (Fsp3) is 0.357. The Labute approximate surface area is 123 Å². The molecule has 0 saturated carbocycles. The van der Waals surface area contributed by atoms with Crippen LogP contribution in [-0.4, -0.2) is 22.5 Å². The second kappa shape index (κ2) is 5.23. The van der Waals surface area contributed by atoms with Crippen LogP contribution in [0.25, 0.3) is 11.4 Å². The van der Waals surface area contributed by atoms with Crippen molar-refractivity contribution in [1.29, 1.82) is 0 Å². The normalized spacial score (nSPS) is 19.8. The van der Waals surface area contributed by atoms with Gasteiger partial charge in [0.25, 0.3) is 5.91 Å². The zero-order valence-corrected chi connectivity index (χ0v) is 10.8. The van der Waals surface area contributed by atoms with Gasteiger partial charge >= 0.3 is 6.43 Å². The maximum atomic E-state index is 12.4. The molecule has 0 spiro atoms. The van der Waals surface area contributed by atoms with Gasteiger partial charge in [0.15, 0.2) is 0 Å². The zero-order valence-electron chi connectivity index (χ0n) is 13.8. The minimum absolute atomic E-state index is 0.143. The summed E-state index contributed by atoms with van der Waals surface area (Å²) in [4.78, 5) is 15.0. The van der Waals surface area contributed by atoms with Gasteiger partial charge in [0.1, 0.15) is 0 Å². The molecule has 110 valence electrons. The van der Waals surface area contributed by atoms with Crippen molar-refractivity contribution in [2.75, 3.05) is 0 Å². The van der Waals surface area contributed by atoms with E-state index in [0.717, 1.165) is 11.1 Å². The summed E-state index contributed by atoms with van der Waals surface area (Å²) in [6.45, 7) is -2.48. The number of carbonyl (C=O) groups excluding carboxylic acids is 1. The molecule has 0 fully saturated rings. The molecule has 1 amide bonds. The van der Waals surface area contributed by atoms with Crippen LogP contribution in [-0.2, 0) is 11.2 Å². The van der Waals surface area contributed by atoms with E-state index in [1.807, 2.05) is 0 Å². The molecule has 2 aromatic rings. The van der Waals surface area contributed by atoms with Gasteiger partial charge in [-0.15, -0.1) is 0 Å². The molecule has 0 unspecified atom stereocenters. The van der Waals surface area contributed by atoms with Crippen LogP contribution in [0.4, 0.5) is 8.78 Å². The molecular formula is C14H13F2N3O2. The number of rotatable bonds is 3. The van der Waals surface area contributed by atoms with Crippen molar-refractivity contribution in [2.24, 2.45) is 0 Å². The molecule has 5 nitrogen and oxygen atoms in total. The van der Waals surface area contributed by atoms with Crippen LogP contribution in [0, 0.1) is 6.85 Å². The number of amides is 1. The summed E-state index contributed by atoms with van der Waals surface area (Å²) in [5, 5.41) is 5.96. The van der Waals surface area contributed by atoms with Crippen LogP contribution in [0.15, 0.2) is 22.7 Å². The molecule has 1 N–H and O–H groups in total. The van der Waals surface area contributed by atoms with Crippen molar-refractivity contribution in [1.82, 2.24) is 15.5 Å². The van der Waals surface area contributed by atoms with Gasteiger partial charge in [-0.05, 0) is 30.0 Å². The second-order valence-corrected chi connectivity index (χ2v) is 4.74. The maximum Gasteiger partial charge on any atom is 0.315 e. The van der Waals surface area contributed by atoms with Gasteiger partial charge in [-0.1, -0.05) is 17.3 Å². The van der Waals surface area contributed by atoms with E-state index >= 15 is 0 Å². The van der Waals surface area contributed by atoms with E-state index in [2.05, 4.69) is 15.5 Å². The lowest BCUT2D eigenvalue weighted by Crippen LogP contribution is -2.32. The van der Waals surface area contributed by atoms with Crippen LogP contribution < -0.4 is 5.32 Å². The van der Waals surface area contributed by atoms with E-state index in [9.17, 15) is 13.6 Å². The monoisotopic (exact) mass is 296 g/mol. The zero-order chi connectivity index (χ0) is 17.5. The third kappa shape index (κ3) is 2.63. The van der Waals surface area contributed by atoms with Crippen molar-refractivity contribution >= 4 is 5.91 Å². The highest BCUT2D eigenvalue weighted by atomic mass is 19.3. The highest BCUT2D eigenvalue weighted by molar-refractivity contribution is 5.79. The summed E-state index contributed by atoms with van der Waals surface area (Å²) in [5.41, 5.74) is 2.19. The SMILES string of the molecule is [2H]C([2H])([2H])c1nc(-c2ccc3c(c2)CC[C@H]3NC(=O)C(F)F)no1. The van der Waals surface area contributed by atoms with Crippen LogP contribution in [0.5, 0.6) is 0 Å². The quantitative estimate of drug-likeness (QED) is 0.944. The lowest BCUT2D eigenvalue weighted by atomic mass is 10.0. The van der Waals surface area contributed by atoms with E-state index in [4.69, 9.17) is 8.64 Å². The maximum absolute atomic E-state index is 12.4. The van der Waals surface area contributed by atoms with E-state index in [-0.39, 0.29) is 5.82 Å². The fourth-order valence-corrected chi connectivity index (χ4v) is 2.48. The number of carbonyl (C=O) groups is 1. The molecule has 1 atom stereocenters. The minimum atomic E-state index is -3.05. The third-order valence-electron chi connectivity index (χ3n) is 3.42. The number of aryl methyl sites for hydroxylation is 2. The summed E-state index contributed by atoms with van der Waals surface area (Å²) >= 11 is 0. The van der Waals surface area contributed by atoms with E-state index in [1.54, 1.807) is 18.2 Å². The summed E-state index contributed by atoms with van der Waals surface area (Å²) in [5.74, 6) is -1.60. The second-order valence-electron chi connectivity index (χ2n) is 4.74. The van der Waals surface area contributed by atoms with Crippen molar-refractivity contribution in [2.45, 2.75) is 32.2 Å². The molecule has 0 radical (unpaired) electrons. The Balaban J connectivity index is 1.83. The number of hydrogen-bond acceptors (Lipinski definition) is 4. The van der Waals surface area contributed by atoms with Crippen LogP contribution >= 0.6 is 0 Å². The molecule has 0 bridgehead atoms. The minimum Gasteiger partial charge on any atom is -0.344 e. The predicted molar refractivity (Wildman–Crippen MR) is 69.7 cm³/mol. The Bertz CT molecular complexity index is 777. The average Bonchev–Trinajstić information content (AvgIpc) is 3.13. The molecule has 0 saturated heterocycles. The summed E-state index contributed by atoms with van der Waals surface area (Å²) in [7, 11) is 0. The largest absolute Gasteiger partial charge is 0.344 e. The molecule has 1 aliphatic carbocycles. The lowest BCUT2D eigenvalue weighted by molar-refractivity contribution is -0.132. The highest BCUT2D eigenvalue weighted by Crippen LogP contribution is 2.33. The van der Waals surface area contributed by atoms with Crippen molar-refractivity contribution in [3.05, 3.63) is 35.2 Å². The van der Waals surface area contributed by atoms with Gasteiger partial charge in [0, 0.05) is 16.5 Å². The first-order chi connectivity index (χ1) is 11.3. The molecule has 1 aromatic heterocycles. The Morgan fingerprint density at radius 1 is 1.57 bits per heavy atom. The number of nitrogens with one attached hydrogen (secondary N) is 1. The number of aromatic nitrogens is 2. The van der Waals surface area contributed by atoms with E-state index < -0.39 is 31.1 Å². The Morgan fingerprint density at radius 2 is 2.43 bits per heavy atom. The van der Waals surface area contributed by atoms with Crippen molar-refractivity contribution in [3.63, 3.8) is 0 Å². The molecule has 7 heteroatoms. The van der Waals surface area contributed by atoms with Gasteiger partial charge in [0.2, 0.25) is 11.7 Å². The molecular weight excluding hydrogens is 280 g/mol. The van der Waals surface area contributed by atoms with Gasteiger partial charge in [-0.25, -0.2) is 0 Å². The first-order valence-corrected chi connectivity index (χ1v) is 6.31. The summed E-state index contributed by atoms with van der Waals surface area (Å²) < 4.78 is 51.2. The van der Waals surface area contributed by atoms with E-state index in [1.165, 1.54) is 0 Å². The number of fused-ring (bicyclic) bond motifs is 1. The first-order valence-electron chi connectivity index (χ1n) is 7.81. The molecule has 0 aliphatic heterocycles. The standard InChI is InChI=1S/C14H13F2N3O2/c1-7-17-13(19-21-7)9-2-4-10-8(6-9)3-5-11(10)18-14(20)12(15)16/h2,4,6,11-12H,3,5H2,1H3,(H,18,20)/t11-/m1/s1/i1D3. The molecule has 1 aliphatic rings. The fourth-order valence-electron chi connectivity index (χ4n) is 2.48. The van der Waals surface area contributed by atoms with Gasteiger partial charge in [-0.3, -0.25) is 4.79 Å². The number of nitrogens with zero attached hydrogens (tertiary/aromatic N) is 2. The molecule has 21 heavy (non-hydrogen) atoms. The van der Waals surface area contributed by atoms with Crippen molar-refractivity contribution < 1.29 is 22.2 Å². The van der Waals surface area contributed by atoms with Crippen LogP contribution in [0.2, 0.25) is 0 Å². The summed E-state index contributed by atoms with van der Waals surface area (Å²) in [6.07, 6.45) is -1.93. The number of halogens is 2. The third-order valence-corrected chi connectivity index (χ3v) is 3.42. The smallest absolute Gasteiger partial charge is 0.315 e. The van der Waals surface area contributed by atoms with Gasteiger partial charge in [-0.2, -0.15) is 13.8 Å². The van der Waals surface area contributed by atoms with Gasteiger partial charge < -0.3 is 9.84 Å². The van der Waals surface area contributed by atoms with Crippen LogP contribution in [0.1, 0.15) is 33.6 Å². The topological polar surface area (TPSA) is 68.0 Å². The average molecular weight is 296 g/mol. The Kier molecular flexibility index (Phi) is 2.60. The number of benzene rings is 1. The van der Waals surface area contributed by atoms with E-state index in [0.29, 0.717) is 18.4 Å². The molecule has 1 heterocycles. The lowest BCUT2D eigenvalue weighted by Gasteiger charge is -2.13. The number of hydrogen-bond donors (Lipinski definition) is 1. The Morgan fingerprint density at radius 3 is 3.14 bits per heavy atom. The van der Waals surface area contributed by atoms with Crippen LogP contribution in [0.3, 0.4) is 0 Å². The Hall–Kier alpha value is -2.31. The highest BCUT2D eigenvalue weighted by Gasteiger charge is 2.27. The molecule has 1 aromatic carbocycles. The predicted octanol–water partition coefficient (Wildman–Crippen LogP) is 2.41. The first kappa shape index (κ1) is 10.4. The van der Waals surface area contributed by atoms with Crippen molar-refractivity contribution in [3.8, 4) is 11.4 Å². The molecule has 3 rings (SSSR count).